The third-order valence-electron chi connectivity index (χ3n) is 7.09. The smallest absolute Gasteiger partial charge is 0.228 e. The van der Waals surface area contributed by atoms with Crippen molar-refractivity contribution >= 4 is 5.91 Å². The molecular formula is C28H29N3O5. The van der Waals surface area contributed by atoms with Gasteiger partial charge in [0.15, 0.2) is 11.2 Å². The maximum atomic E-state index is 13.5. The standard InChI is InChI=1S/C28H29N3O5/c1-6-18(15-29)13-12-17(2)28-23(19-10-8-7-9-11-19)22(26(33)31(3)4)25(32)27(28,34)24-21(36-28)14-20(35-5)16-30-24/h6-14,16,22-23,25,32,34H,2H2,1,3-5H3/b13-12-,18-6+/t22-,23-,25-,27+,28+/m1/s1. The van der Waals surface area contributed by atoms with Gasteiger partial charge in [-0.25, -0.2) is 0 Å². The first kappa shape index (κ1) is 25.2. The fourth-order valence-corrected chi connectivity index (χ4v) is 5.39. The number of benzene rings is 1. The van der Waals surface area contributed by atoms with Gasteiger partial charge in [-0.3, -0.25) is 9.78 Å². The van der Waals surface area contributed by atoms with E-state index in [4.69, 9.17) is 9.47 Å². The summed E-state index contributed by atoms with van der Waals surface area (Å²) in [4.78, 5) is 19.3. The van der Waals surface area contributed by atoms with E-state index in [9.17, 15) is 20.3 Å². The number of pyridine rings is 1. The molecule has 1 amide bonds. The Morgan fingerprint density at radius 2 is 2.00 bits per heavy atom. The fourth-order valence-electron chi connectivity index (χ4n) is 5.39. The number of hydrogen-bond acceptors (Lipinski definition) is 7. The Morgan fingerprint density at radius 3 is 2.58 bits per heavy atom. The highest BCUT2D eigenvalue weighted by atomic mass is 16.5. The zero-order valence-electron chi connectivity index (χ0n) is 20.7. The predicted octanol–water partition coefficient (Wildman–Crippen LogP) is 2.85. The van der Waals surface area contributed by atoms with E-state index in [1.165, 1.54) is 18.2 Å². The third kappa shape index (κ3) is 3.43. The van der Waals surface area contributed by atoms with Crippen molar-refractivity contribution in [2.75, 3.05) is 21.2 Å². The lowest BCUT2D eigenvalue weighted by molar-refractivity contribution is -0.146. The van der Waals surface area contributed by atoms with Gasteiger partial charge in [0.1, 0.15) is 23.3 Å². The highest BCUT2D eigenvalue weighted by Crippen LogP contribution is 2.66. The topological polar surface area (TPSA) is 116 Å². The van der Waals surface area contributed by atoms with Crippen LogP contribution in [-0.4, -0.2) is 58.9 Å². The van der Waals surface area contributed by atoms with E-state index in [1.807, 2.05) is 30.3 Å². The van der Waals surface area contributed by atoms with Crippen LogP contribution in [0.4, 0.5) is 0 Å². The molecule has 1 aromatic carbocycles. The number of nitrogens with zero attached hydrogens (tertiary/aromatic N) is 3. The fraction of sp³-hybridized carbons (Fsp3) is 0.321. The van der Waals surface area contributed by atoms with E-state index in [1.54, 1.807) is 45.3 Å². The van der Waals surface area contributed by atoms with Crippen LogP contribution in [0.1, 0.15) is 24.1 Å². The molecular weight excluding hydrogens is 458 g/mol. The van der Waals surface area contributed by atoms with Crippen LogP contribution in [0.2, 0.25) is 0 Å². The minimum absolute atomic E-state index is 0.0897. The van der Waals surface area contributed by atoms with Crippen molar-refractivity contribution in [3.8, 4) is 17.6 Å². The van der Waals surface area contributed by atoms with Gasteiger partial charge in [0, 0.05) is 31.7 Å². The quantitative estimate of drug-likeness (QED) is 0.475. The van der Waals surface area contributed by atoms with Crippen molar-refractivity contribution < 1.29 is 24.5 Å². The summed E-state index contributed by atoms with van der Waals surface area (Å²) in [6.45, 7) is 5.96. The van der Waals surface area contributed by atoms with Crippen LogP contribution in [0, 0.1) is 17.2 Å². The van der Waals surface area contributed by atoms with Crippen LogP contribution >= 0.6 is 0 Å². The molecule has 0 bridgehead atoms. The summed E-state index contributed by atoms with van der Waals surface area (Å²) >= 11 is 0. The number of methoxy groups -OCH3 is 1. The van der Waals surface area contributed by atoms with E-state index >= 15 is 0 Å². The molecule has 4 rings (SSSR count). The highest BCUT2D eigenvalue weighted by Gasteiger charge is 2.78. The number of aliphatic hydroxyl groups is 2. The summed E-state index contributed by atoms with van der Waals surface area (Å²) in [5, 5.41) is 33.6. The van der Waals surface area contributed by atoms with Gasteiger partial charge in [0.05, 0.1) is 25.3 Å². The van der Waals surface area contributed by atoms with Gasteiger partial charge in [-0.05, 0) is 24.1 Å². The van der Waals surface area contributed by atoms with E-state index in [0.29, 0.717) is 16.9 Å². The molecule has 1 aromatic heterocycles. The van der Waals surface area contributed by atoms with E-state index in [0.717, 1.165) is 0 Å². The number of aliphatic hydroxyl groups excluding tert-OH is 1. The first-order valence-corrected chi connectivity index (χ1v) is 11.5. The lowest BCUT2D eigenvalue weighted by Crippen LogP contribution is -2.55. The monoisotopic (exact) mass is 487 g/mol. The average molecular weight is 488 g/mol. The Hall–Kier alpha value is -3.93. The summed E-state index contributed by atoms with van der Waals surface area (Å²) in [6.07, 6.45) is 4.63. The van der Waals surface area contributed by atoms with Crippen molar-refractivity contribution in [2.24, 2.45) is 5.92 Å². The van der Waals surface area contributed by atoms with Crippen LogP contribution < -0.4 is 9.47 Å². The zero-order chi connectivity index (χ0) is 26.3. The maximum absolute atomic E-state index is 13.5. The van der Waals surface area contributed by atoms with Crippen molar-refractivity contribution in [3.63, 3.8) is 0 Å². The largest absolute Gasteiger partial charge is 0.495 e. The molecule has 2 heterocycles. The van der Waals surface area contributed by atoms with Crippen molar-refractivity contribution in [2.45, 2.75) is 30.1 Å². The Balaban J connectivity index is 2.04. The van der Waals surface area contributed by atoms with Crippen LogP contribution in [0.3, 0.4) is 0 Å². The number of amides is 1. The van der Waals surface area contributed by atoms with Gasteiger partial charge in [-0.2, -0.15) is 5.26 Å². The van der Waals surface area contributed by atoms with E-state index in [-0.39, 0.29) is 22.9 Å². The molecule has 186 valence electrons. The lowest BCUT2D eigenvalue weighted by Gasteiger charge is -2.40. The highest BCUT2D eigenvalue weighted by molar-refractivity contribution is 5.83. The van der Waals surface area contributed by atoms with Gasteiger partial charge in [-0.15, -0.1) is 0 Å². The second-order valence-corrected chi connectivity index (χ2v) is 9.13. The number of fused-ring (bicyclic) bond motifs is 3. The third-order valence-corrected chi connectivity index (χ3v) is 7.09. The Bertz CT molecular complexity index is 1300. The van der Waals surface area contributed by atoms with Gasteiger partial charge >= 0.3 is 0 Å². The zero-order valence-corrected chi connectivity index (χ0v) is 20.7. The first-order valence-electron chi connectivity index (χ1n) is 11.5. The van der Waals surface area contributed by atoms with Crippen molar-refractivity contribution in [3.05, 3.63) is 89.8 Å². The number of hydrogen-bond donors (Lipinski definition) is 2. The summed E-state index contributed by atoms with van der Waals surface area (Å²) in [5.41, 5.74) is -2.42. The average Bonchev–Trinajstić information content (AvgIpc) is 3.26. The number of rotatable bonds is 6. The molecule has 2 aliphatic rings. The second-order valence-electron chi connectivity index (χ2n) is 9.13. The maximum Gasteiger partial charge on any atom is 0.228 e. The summed E-state index contributed by atoms with van der Waals surface area (Å²) in [6, 6.07) is 12.8. The lowest BCUT2D eigenvalue weighted by atomic mass is 9.71. The molecule has 1 aliphatic carbocycles. The molecule has 1 aliphatic heterocycles. The van der Waals surface area contributed by atoms with E-state index < -0.39 is 29.1 Å². The molecule has 2 N–H and O–H groups in total. The molecule has 8 nitrogen and oxygen atoms in total. The Morgan fingerprint density at radius 1 is 1.31 bits per heavy atom. The SMILES string of the molecule is C=C(/C=C\C(C#N)=C/C)[C@@]12Oc3cc(OC)cnc3[C@]1(O)[C@H](O)[C@H](C(=O)N(C)C)[C@H]2c1ccccc1. The first-order chi connectivity index (χ1) is 17.2. The summed E-state index contributed by atoms with van der Waals surface area (Å²) in [7, 11) is 4.68. The molecule has 2 aromatic rings. The number of carbonyl (C=O) groups is 1. The molecule has 8 heteroatoms. The minimum atomic E-state index is -2.13. The number of ether oxygens (including phenoxy) is 2. The number of nitriles is 1. The number of carbonyl (C=O) groups excluding carboxylic acids is 1. The molecule has 1 saturated carbocycles. The molecule has 0 spiro atoms. The molecule has 0 radical (unpaired) electrons. The molecule has 36 heavy (non-hydrogen) atoms. The van der Waals surface area contributed by atoms with Crippen molar-refractivity contribution in [1.29, 1.82) is 5.26 Å². The minimum Gasteiger partial charge on any atom is -0.495 e. The van der Waals surface area contributed by atoms with Crippen LogP contribution in [-0.2, 0) is 10.4 Å². The molecule has 1 fully saturated rings. The Kier molecular flexibility index (Phi) is 6.48. The second kappa shape index (κ2) is 9.26. The van der Waals surface area contributed by atoms with Gasteiger partial charge < -0.3 is 24.6 Å². The van der Waals surface area contributed by atoms with Gasteiger partial charge in [-0.1, -0.05) is 49.1 Å². The predicted molar refractivity (Wildman–Crippen MR) is 133 cm³/mol. The summed E-state index contributed by atoms with van der Waals surface area (Å²) < 4.78 is 11.8. The van der Waals surface area contributed by atoms with Crippen molar-refractivity contribution in [1.82, 2.24) is 9.88 Å². The van der Waals surface area contributed by atoms with Crippen LogP contribution in [0.15, 0.2) is 78.5 Å². The number of aromatic nitrogens is 1. The molecule has 0 unspecified atom stereocenters. The normalized spacial score (nSPS) is 28.7. The van der Waals surface area contributed by atoms with Crippen LogP contribution in [0.5, 0.6) is 11.5 Å². The van der Waals surface area contributed by atoms with Gasteiger partial charge in [0.2, 0.25) is 5.91 Å². The number of allylic oxidation sites excluding steroid dienone is 3. The molecule has 5 atom stereocenters. The van der Waals surface area contributed by atoms with E-state index in [2.05, 4.69) is 17.6 Å². The Labute approximate surface area is 210 Å². The van der Waals surface area contributed by atoms with Crippen LogP contribution in [0.25, 0.3) is 0 Å². The molecule has 0 saturated heterocycles. The van der Waals surface area contributed by atoms with Gasteiger partial charge in [0.25, 0.3) is 0 Å². The summed E-state index contributed by atoms with van der Waals surface area (Å²) in [5.74, 6) is -1.68.